The Labute approximate surface area is 118 Å². The predicted molar refractivity (Wildman–Crippen MR) is 80.1 cm³/mol. The van der Waals surface area contributed by atoms with E-state index in [2.05, 4.69) is 29.1 Å². The molecule has 1 heterocycles. The Bertz CT molecular complexity index is 481. The van der Waals surface area contributed by atoms with Crippen molar-refractivity contribution in [1.82, 2.24) is 5.32 Å². The van der Waals surface area contributed by atoms with E-state index in [1.165, 1.54) is 11.6 Å². The second kappa shape index (κ2) is 7.41. The minimum absolute atomic E-state index is 0.156. The van der Waals surface area contributed by atoms with Gasteiger partial charge in [-0.05, 0) is 65.9 Å². The van der Waals surface area contributed by atoms with Crippen molar-refractivity contribution in [2.24, 2.45) is 0 Å². The third-order valence-corrected chi connectivity index (χ3v) is 3.93. The zero-order valence-corrected chi connectivity index (χ0v) is 12.0. The van der Waals surface area contributed by atoms with Gasteiger partial charge < -0.3 is 5.32 Å². The summed E-state index contributed by atoms with van der Waals surface area (Å²) in [4.78, 5) is 0. The molecular weight excluding hydrogens is 257 g/mol. The summed E-state index contributed by atoms with van der Waals surface area (Å²) in [5.74, 6) is -0.156. The van der Waals surface area contributed by atoms with Crippen molar-refractivity contribution < 1.29 is 4.39 Å². The van der Waals surface area contributed by atoms with E-state index in [0.29, 0.717) is 0 Å². The molecule has 19 heavy (non-hydrogen) atoms. The summed E-state index contributed by atoms with van der Waals surface area (Å²) < 4.78 is 13.3. The van der Waals surface area contributed by atoms with Gasteiger partial charge in [0.15, 0.2) is 0 Å². The molecule has 0 saturated heterocycles. The average molecular weight is 277 g/mol. The lowest BCUT2D eigenvalue weighted by Crippen LogP contribution is -2.22. The fourth-order valence-electron chi connectivity index (χ4n) is 2.17. The second-order valence-corrected chi connectivity index (χ2v) is 5.51. The van der Waals surface area contributed by atoms with E-state index >= 15 is 0 Å². The molecule has 0 fully saturated rings. The highest BCUT2D eigenvalue weighted by molar-refractivity contribution is 7.07. The highest BCUT2D eigenvalue weighted by Crippen LogP contribution is 2.21. The van der Waals surface area contributed by atoms with Crippen LogP contribution in [0.2, 0.25) is 0 Å². The molecule has 1 aromatic heterocycles. The van der Waals surface area contributed by atoms with Crippen LogP contribution < -0.4 is 5.32 Å². The number of thiophene rings is 1. The largest absolute Gasteiger partial charge is 0.310 e. The van der Waals surface area contributed by atoms with E-state index < -0.39 is 0 Å². The number of halogens is 1. The third kappa shape index (κ3) is 4.44. The third-order valence-electron chi connectivity index (χ3n) is 3.19. The number of hydrogen-bond acceptors (Lipinski definition) is 2. The van der Waals surface area contributed by atoms with Crippen molar-refractivity contribution in [3.63, 3.8) is 0 Å². The molecule has 0 aliphatic carbocycles. The molecule has 1 aromatic carbocycles. The van der Waals surface area contributed by atoms with Crippen molar-refractivity contribution in [2.75, 3.05) is 6.54 Å². The van der Waals surface area contributed by atoms with Gasteiger partial charge in [0.1, 0.15) is 5.82 Å². The number of aryl methyl sites for hydroxylation is 1. The predicted octanol–water partition coefficient (Wildman–Crippen LogP) is 4.56. The van der Waals surface area contributed by atoms with Gasteiger partial charge in [0, 0.05) is 6.04 Å². The first-order chi connectivity index (χ1) is 9.29. The van der Waals surface area contributed by atoms with Gasteiger partial charge in [-0.1, -0.05) is 19.1 Å². The van der Waals surface area contributed by atoms with Gasteiger partial charge in [-0.25, -0.2) is 4.39 Å². The first-order valence-electron chi connectivity index (χ1n) is 6.79. The summed E-state index contributed by atoms with van der Waals surface area (Å²) in [6.45, 7) is 3.11. The Morgan fingerprint density at radius 2 is 2.21 bits per heavy atom. The lowest BCUT2D eigenvalue weighted by atomic mass is 10.00. The van der Waals surface area contributed by atoms with Gasteiger partial charge in [-0.2, -0.15) is 11.3 Å². The first kappa shape index (κ1) is 14.2. The quantitative estimate of drug-likeness (QED) is 0.782. The summed E-state index contributed by atoms with van der Waals surface area (Å²) in [7, 11) is 0. The highest BCUT2D eigenvalue weighted by Gasteiger charge is 2.11. The molecule has 1 N–H and O–H groups in total. The summed E-state index contributed by atoms with van der Waals surface area (Å²) in [6, 6.07) is 9.32. The molecule has 102 valence electrons. The Hall–Kier alpha value is -1.19. The zero-order chi connectivity index (χ0) is 13.5. The average Bonchev–Trinajstić information content (AvgIpc) is 2.92. The molecule has 0 bridgehead atoms. The monoisotopic (exact) mass is 277 g/mol. The van der Waals surface area contributed by atoms with Gasteiger partial charge in [0.25, 0.3) is 0 Å². The van der Waals surface area contributed by atoms with E-state index in [0.717, 1.165) is 31.4 Å². The Morgan fingerprint density at radius 1 is 1.32 bits per heavy atom. The minimum atomic E-state index is -0.156. The van der Waals surface area contributed by atoms with E-state index in [4.69, 9.17) is 0 Å². The van der Waals surface area contributed by atoms with E-state index in [9.17, 15) is 4.39 Å². The summed E-state index contributed by atoms with van der Waals surface area (Å²) >= 11 is 1.73. The molecule has 2 aromatic rings. The SMILES string of the molecule is CCCNC(CCc1ccsc1)c1cccc(F)c1. The molecule has 2 rings (SSSR count). The van der Waals surface area contributed by atoms with Crippen LogP contribution in [0, 0.1) is 5.82 Å². The van der Waals surface area contributed by atoms with Crippen LogP contribution in [0.3, 0.4) is 0 Å². The first-order valence-corrected chi connectivity index (χ1v) is 7.74. The molecule has 0 aliphatic rings. The van der Waals surface area contributed by atoms with Gasteiger partial charge in [-0.15, -0.1) is 0 Å². The lowest BCUT2D eigenvalue weighted by molar-refractivity contribution is 0.496. The molecule has 0 spiro atoms. The van der Waals surface area contributed by atoms with Crippen LogP contribution in [0.15, 0.2) is 41.1 Å². The zero-order valence-electron chi connectivity index (χ0n) is 11.2. The van der Waals surface area contributed by atoms with Gasteiger partial charge in [0.2, 0.25) is 0 Å². The normalized spacial score (nSPS) is 12.5. The van der Waals surface area contributed by atoms with Crippen LogP contribution in [0.5, 0.6) is 0 Å². The van der Waals surface area contributed by atoms with E-state index in [1.54, 1.807) is 23.5 Å². The maximum absolute atomic E-state index is 13.3. The Morgan fingerprint density at radius 3 is 2.89 bits per heavy atom. The van der Waals surface area contributed by atoms with Crippen LogP contribution in [-0.2, 0) is 6.42 Å². The molecule has 0 radical (unpaired) electrons. The summed E-state index contributed by atoms with van der Waals surface area (Å²) in [5, 5.41) is 7.80. The Balaban J connectivity index is 2.02. The molecule has 1 unspecified atom stereocenters. The summed E-state index contributed by atoms with van der Waals surface area (Å²) in [6.07, 6.45) is 3.12. The molecule has 0 saturated carbocycles. The molecule has 1 atom stereocenters. The fraction of sp³-hybridized carbons (Fsp3) is 0.375. The Kier molecular flexibility index (Phi) is 5.55. The van der Waals surface area contributed by atoms with Crippen molar-refractivity contribution in [3.8, 4) is 0 Å². The van der Waals surface area contributed by atoms with Crippen LogP contribution >= 0.6 is 11.3 Å². The standard InChI is InChI=1S/C16H20FNS/c1-2-9-18-16(7-6-13-8-10-19-12-13)14-4-3-5-15(17)11-14/h3-5,8,10-12,16,18H,2,6-7,9H2,1H3. The van der Waals surface area contributed by atoms with Crippen molar-refractivity contribution in [2.45, 2.75) is 32.2 Å². The highest BCUT2D eigenvalue weighted by atomic mass is 32.1. The van der Waals surface area contributed by atoms with Gasteiger partial charge >= 0.3 is 0 Å². The molecule has 3 heteroatoms. The fourth-order valence-corrected chi connectivity index (χ4v) is 2.88. The van der Waals surface area contributed by atoms with Crippen molar-refractivity contribution in [1.29, 1.82) is 0 Å². The van der Waals surface area contributed by atoms with Gasteiger partial charge in [0.05, 0.1) is 0 Å². The molecule has 1 nitrogen and oxygen atoms in total. The van der Waals surface area contributed by atoms with Crippen LogP contribution in [0.4, 0.5) is 4.39 Å². The second-order valence-electron chi connectivity index (χ2n) is 4.73. The lowest BCUT2D eigenvalue weighted by Gasteiger charge is -2.19. The maximum atomic E-state index is 13.3. The number of benzene rings is 1. The van der Waals surface area contributed by atoms with Crippen LogP contribution in [0.25, 0.3) is 0 Å². The molecule has 0 amide bonds. The topological polar surface area (TPSA) is 12.0 Å². The van der Waals surface area contributed by atoms with Crippen molar-refractivity contribution >= 4 is 11.3 Å². The van der Waals surface area contributed by atoms with E-state index in [1.807, 2.05) is 6.07 Å². The maximum Gasteiger partial charge on any atom is 0.123 e. The minimum Gasteiger partial charge on any atom is -0.310 e. The number of nitrogens with one attached hydrogen (secondary N) is 1. The van der Waals surface area contributed by atoms with Crippen LogP contribution in [0.1, 0.15) is 36.9 Å². The number of hydrogen-bond donors (Lipinski definition) is 1. The van der Waals surface area contributed by atoms with Gasteiger partial charge in [-0.3, -0.25) is 0 Å². The van der Waals surface area contributed by atoms with E-state index in [-0.39, 0.29) is 11.9 Å². The smallest absolute Gasteiger partial charge is 0.123 e. The van der Waals surface area contributed by atoms with Crippen LogP contribution in [-0.4, -0.2) is 6.54 Å². The number of rotatable bonds is 7. The van der Waals surface area contributed by atoms with Crippen molar-refractivity contribution in [3.05, 3.63) is 58.0 Å². The molecule has 0 aliphatic heterocycles. The molecular formula is C16H20FNS. The summed E-state index contributed by atoms with van der Waals surface area (Å²) in [5.41, 5.74) is 2.41.